The molecule has 0 unspecified atom stereocenters. The number of anilines is 1. The lowest BCUT2D eigenvalue weighted by Gasteiger charge is -2.36. The minimum absolute atomic E-state index is 0.450. The number of aromatic nitrogens is 2. The molecular weight excluding hydrogens is 379 g/mol. The van der Waals surface area contributed by atoms with E-state index in [0.29, 0.717) is 12.0 Å². The van der Waals surface area contributed by atoms with Crippen molar-refractivity contribution in [1.29, 1.82) is 0 Å². The van der Waals surface area contributed by atoms with Crippen LogP contribution in [0.15, 0.2) is 36.7 Å². The molecule has 5 nitrogen and oxygen atoms in total. The van der Waals surface area contributed by atoms with Crippen LogP contribution in [-0.4, -0.2) is 47.0 Å². The van der Waals surface area contributed by atoms with Crippen LogP contribution in [-0.2, 0) is 4.79 Å². The Labute approximate surface area is 178 Å². The number of carbonyl (C=O) groups is 1. The van der Waals surface area contributed by atoms with Crippen molar-refractivity contribution < 1.29 is 9.18 Å². The van der Waals surface area contributed by atoms with E-state index in [1.165, 1.54) is 37.9 Å². The standard InChI is InChI=1S/C24H31FN4O/c25-23-10-8-20(15-26-23)21-9-11-24(27-16-21)28-13-4-5-19(17-28)12-14-29(18-30)22-6-2-1-3-7-22/h8-11,15-16,18-19,22H,1-7,12-14,17H2/t19-/m0/s1. The summed E-state index contributed by atoms with van der Waals surface area (Å²) in [6.45, 7) is 2.87. The van der Waals surface area contributed by atoms with Crippen molar-refractivity contribution >= 4 is 12.2 Å². The van der Waals surface area contributed by atoms with E-state index in [4.69, 9.17) is 0 Å². The molecule has 1 saturated carbocycles. The number of hydrogen-bond donors (Lipinski definition) is 0. The molecular formula is C24H31FN4O. The summed E-state index contributed by atoms with van der Waals surface area (Å²) in [5, 5.41) is 0. The summed E-state index contributed by atoms with van der Waals surface area (Å²) in [6.07, 6.45) is 14.0. The van der Waals surface area contributed by atoms with E-state index >= 15 is 0 Å². The molecule has 2 fully saturated rings. The quantitative estimate of drug-likeness (QED) is 0.491. The zero-order valence-corrected chi connectivity index (χ0v) is 17.5. The molecule has 2 aromatic heterocycles. The van der Waals surface area contributed by atoms with Gasteiger partial charge in [0.25, 0.3) is 0 Å². The molecule has 1 amide bonds. The van der Waals surface area contributed by atoms with Crippen LogP contribution in [0.1, 0.15) is 51.4 Å². The number of nitrogens with zero attached hydrogens (tertiary/aromatic N) is 4. The zero-order valence-electron chi connectivity index (χ0n) is 17.5. The molecule has 0 spiro atoms. The van der Waals surface area contributed by atoms with Crippen molar-refractivity contribution in [3.63, 3.8) is 0 Å². The van der Waals surface area contributed by atoms with Crippen LogP contribution < -0.4 is 4.90 Å². The summed E-state index contributed by atoms with van der Waals surface area (Å²) < 4.78 is 13.0. The molecule has 1 aliphatic heterocycles. The first-order chi connectivity index (χ1) is 14.7. The Hall–Kier alpha value is -2.50. The van der Waals surface area contributed by atoms with E-state index < -0.39 is 5.95 Å². The Morgan fingerprint density at radius 3 is 2.43 bits per heavy atom. The molecule has 4 rings (SSSR count). The molecule has 1 saturated heterocycles. The zero-order chi connectivity index (χ0) is 20.8. The molecule has 2 aliphatic rings. The first-order valence-electron chi connectivity index (χ1n) is 11.3. The third-order valence-electron chi connectivity index (χ3n) is 6.63. The summed E-state index contributed by atoms with van der Waals surface area (Å²) in [5.41, 5.74) is 1.80. The van der Waals surface area contributed by atoms with E-state index in [0.717, 1.165) is 68.7 Å². The number of hydrogen-bond acceptors (Lipinski definition) is 4. The second kappa shape index (κ2) is 10.0. The maximum atomic E-state index is 13.0. The number of pyridine rings is 2. The maximum Gasteiger partial charge on any atom is 0.212 e. The molecule has 1 aliphatic carbocycles. The van der Waals surface area contributed by atoms with Gasteiger partial charge < -0.3 is 9.80 Å². The van der Waals surface area contributed by atoms with Gasteiger partial charge in [0.2, 0.25) is 12.4 Å². The average Bonchev–Trinajstić information content (AvgIpc) is 2.81. The Bertz CT molecular complexity index is 805. The predicted molar refractivity (Wildman–Crippen MR) is 117 cm³/mol. The van der Waals surface area contributed by atoms with Gasteiger partial charge in [0.1, 0.15) is 5.82 Å². The third kappa shape index (κ3) is 5.15. The van der Waals surface area contributed by atoms with Gasteiger partial charge in [-0.2, -0.15) is 4.39 Å². The molecule has 0 N–H and O–H groups in total. The van der Waals surface area contributed by atoms with Gasteiger partial charge in [-0.05, 0) is 62.3 Å². The molecule has 6 heteroatoms. The van der Waals surface area contributed by atoms with Crippen molar-refractivity contribution in [1.82, 2.24) is 14.9 Å². The van der Waals surface area contributed by atoms with Crippen LogP contribution >= 0.6 is 0 Å². The van der Waals surface area contributed by atoms with Gasteiger partial charge in [0.15, 0.2) is 0 Å². The van der Waals surface area contributed by atoms with Gasteiger partial charge in [-0.3, -0.25) is 4.79 Å². The fourth-order valence-electron chi connectivity index (χ4n) is 4.86. The molecule has 0 bridgehead atoms. The highest BCUT2D eigenvalue weighted by molar-refractivity contribution is 5.62. The van der Waals surface area contributed by atoms with Crippen LogP contribution in [0.25, 0.3) is 11.1 Å². The molecule has 2 aromatic rings. The van der Waals surface area contributed by atoms with Crippen molar-refractivity contribution in [2.45, 2.75) is 57.4 Å². The van der Waals surface area contributed by atoms with Gasteiger partial charge >= 0.3 is 0 Å². The maximum absolute atomic E-state index is 13.0. The lowest BCUT2D eigenvalue weighted by Crippen LogP contribution is -2.40. The minimum Gasteiger partial charge on any atom is -0.356 e. The molecule has 0 aromatic carbocycles. The summed E-state index contributed by atoms with van der Waals surface area (Å²) >= 11 is 0. The fraction of sp³-hybridized carbons (Fsp3) is 0.542. The first kappa shape index (κ1) is 20.8. The molecule has 0 radical (unpaired) electrons. The number of carbonyl (C=O) groups excluding carboxylic acids is 1. The van der Waals surface area contributed by atoms with Gasteiger partial charge in [0.05, 0.1) is 0 Å². The summed E-state index contributed by atoms with van der Waals surface area (Å²) in [7, 11) is 0. The molecule has 160 valence electrons. The van der Waals surface area contributed by atoms with Crippen molar-refractivity contribution in [2.24, 2.45) is 5.92 Å². The van der Waals surface area contributed by atoms with Crippen molar-refractivity contribution in [3.05, 3.63) is 42.6 Å². The van der Waals surface area contributed by atoms with Crippen molar-refractivity contribution in [3.8, 4) is 11.1 Å². The average molecular weight is 411 g/mol. The summed E-state index contributed by atoms with van der Waals surface area (Å²) in [6, 6.07) is 7.61. The summed E-state index contributed by atoms with van der Waals surface area (Å²) in [4.78, 5) is 24.4. The molecule has 30 heavy (non-hydrogen) atoms. The fourth-order valence-corrected chi connectivity index (χ4v) is 4.86. The second-order valence-electron chi connectivity index (χ2n) is 8.65. The van der Waals surface area contributed by atoms with E-state index in [1.54, 1.807) is 6.07 Å². The van der Waals surface area contributed by atoms with Crippen LogP contribution in [0.3, 0.4) is 0 Å². The smallest absolute Gasteiger partial charge is 0.212 e. The minimum atomic E-state index is -0.473. The van der Waals surface area contributed by atoms with Gasteiger partial charge in [-0.25, -0.2) is 9.97 Å². The third-order valence-corrected chi connectivity index (χ3v) is 6.63. The van der Waals surface area contributed by atoms with E-state index in [-0.39, 0.29) is 0 Å². The van der Waals surface area contributed by atoms with Gasteiger partial charge in [0, 0.05) is 49.2 Å². The van der Waals surface area contributed by atoms with Crippen LogP contribution in [0.5, 0.6) is 0 Å². The number of rotatable bonds is 7. The lowest BCUT2D eigenvalue weighted by molar-refractivity contribution is -0.121. The second-order valence-corrected chi connectivity index (χ2v) is 8.65. The van der Waals surface area contributed by atoms with Crippen LogP contribution in [0, 0.1) is 11.9 Å². The summed E-state index contributed by atoms with van der Waals surface area (Å²) in [5.74, 6) is 1.10. The van der Waals surface area contributed by atoms with Gasteiger partial charge in [-0.15, -0.1) is 0 Å². The Balaban J connectivity index is 1.33. The lowest BCUT2D eigenvalue weighted by atomic mass is 9.92. The van der Waals surface area contributed by atoms with Crippen LogP contribution in [0.4, 0.5) is 10.2 Å². The van der Waals surface area contributed by atoms with Crippen LogP contribution in [0.2, 0.25) is 0 Å². The number of halogens is 1. The first-order valence-corrected chi connectivity index (χ1v) is 11.3. The van der Waals surface area contributed by atoms with Crippen molar-refractivity contribution in [2.75, 3.05) is 24.5 Å². The molecule has 3 heterocycles. The van der Waals surface area contributed by atoms with E-state index in [9.17, 15) is 9.18 Å². The largest absolute Gasteiger partial charge is 0.356 e. The Morgan fingerprint density at radius 2 is 1.77 bits per heavy atom. The number of amides is 1. The molecule has 1 atom stereocenters. The highest BCUT2D eigenvalue weighted by atomic mass is 19.1. The topological polar surface area (TPSA) is 49.3 Å². The number of piperidine rings is 1. The Kier molecular flexibility index (Phi) is 6.92. The normalized spacial score (nSPS) is 20.2. The van der Waals surface area contributed by atoms with E-state index in [1.807, 2.05) is 18.3 Å². The Morgan fingerprint density at radius 1 is 1.00 bits per heavy atom. The highest BCUT2D eigenvalue weighted by Gasteiger charge is 2.24. The SMILES string of the molecule is O=CN(CC[C@@H]1CCCN(c2ccc(-c3ccc(F)nc3)cn2)C1)C1CCCCC1. The highest BCUT2D eigenvalue weighted by Crippen LogP contribution is 2.27. The van der Waals surface area contributed by atoms with Gasteiger partial charge in [-0.1, -0.05) is 19.3 Å². The predicted octanol–water partition coefficient (Wildman–Crippen LogP) is 4.68. The monoisotopic (exact) mass is 410 g/mol. The van der Waals surface area contributed by atoms with E-state index in [2.05, 4.69) is 19.8 Å².